The fraction of sp³-hybridized carbons (Fsp3) is 0.100. The van der Waals surface area contributed by atoms with Crippen molar-refractivity contribution in [3.63, 3.8) is 0 Å². The summed E-state index contributed by atoms with van der Waals surface area (Å²) in [6.07, 6.45) is 1.42. The molecule has 3 rings (SSSR count). The lowest BCUT2D eigenvalue weighted by atomic mass is 10.0. The molecule has 0 aliphatic rings. The molecule has 26 heavy (non-hydrogen) atoms. The lowest BCUT2D eigenvalue weighted by molar-refractivity contribution is 0.103. The van der Waals surface area contributed by atoms with E-state index in [4.69, 9.17) is 4.74 Å². The molecule has 2 aromatic carbocycles. The number of phenolic OH excluding ortho intramolecular Hbond substituents is 2. The molecule has 0 spiro atoms. The Kier molecular flexibility index (Phi) is 4.75. The largest absolute Gasteiger partial charge is 0.508 e. The molecule has 0 saturated carbocycles. The number of pyridine rings is 1. The van der Waals surface area contributed by atoms with E-state index in [0.717, 1.165) is 6.07 Å². The molecule has 1 heterocycles. The van der Waals surface area contributed by atoms with Crippen LogP contribution in [0.15, 0.2) is 65.6 Å². The van der Waals surface area contributed by atoms with Crippen molar-refractivity contribution in [1.29, 1.82) is 0 Å². The van der Waals surface area contributed by atoms with Crippen LogP contribution < -0.4 is 10.3 Å². The first-order valence-electron chi connectivity index (χ1n) is 8.02. The second-order valence-corrected chi connectivity index (χ2v) is 5.58. The first-order chi connectivity index (χ1) is 12.5. The minimum atomic E-state index is -0.456. The Morgan fingerprint density at radius 2 is 1.77 bits per heavy atom. The number of hydrogen-bond donors (Lipinski definition) is 2. The lowest BCUT2D eigenvalue weighted by Crippen LogP contribution is -2.18. The molecule has 0 saturated heterocycles. The summed E-state index contributed by atoms with van der Waals surface area (Å²) in [6.45, 7) is 2.42. The summed E-state index contributed by atoms with van der Waals surface area (Å²) in [6, 6.07) is 13.4. The summed E-state index contributed by atoms with van der Waals surface area (Å²) in [5.74, 6) is -0.236. The number of benzene rings is 2. The predicted molar refractivity (Wildman–Crippen MR) is 96.4 cm³/mol. The Morgan fingerprint density at radius 1 is 1.04 bits per heavy atom. The third kappa shape index (κ3) is 3.44. The second kappa shape index (κ2) is 7.14. The van der Waals surface area contributed by atoms with Gasteiger partial charge in [0.15, 0.2) is 5.78 Å². The highest BCUT2D eigenvalue weighted by Gasteiger charge is 2.15. The minimum absolute atomic E-state index is 0.0414. The van der Waals surface area contributed by atoms with Crippen molar-refractivity contribution in [3.8, 4) is 22.9 Å². The zero-order chi connectivity index (χ0) is 18.7. The van der Waals surface area contributed by atoms with Gasteiger partial charge in [-0.05, 0) is 49.4 Å². The van der Waals surface area contributed by atoms with Crippen LogP contribution in [0, 0.1) is 0 Å². The molecule has 0 bridgehead atoms. The van der Waals surface area contributed by atoms with Crippen molar-refractivity contribution in [1.82, 2.24) is 4.57 Å². The summed E-state index contributed by atoms with van der Waals surface area (Å²) >= 11 is 0. The van der Waals surface area contributed by atoms with Crippen molar-refractivity contribution < 1.29 is 19.7 Å². The maximum atomic E-state index is 12.6. The highest BCUT2D eigenvalue weighted by atomic mass is 16.5. The topological polar surface area (TPSA) is 88.8 Å². The Hall–Kier alpha value is -3.54. The molecule has 1 aromatic heterocycles. The summed E-state index contributed by atoms with van der Waals surface area (Å²) in [5, 5.41) is 19.2. The van der Waals surface area contributed by atoms with Gasteiger partial charge in [-0.15, -0.1) is 0 Å². The first kappa shape index (κ1) is 17.3. The Balaban J connectivity index is 1.99. The van der Waals surface area contributed by atoms with E-state index in [2.05, 4.69) is 0 Å². The predicted octanol–water partition coefficient (Wildman–Crippen LogP) is 2.88. The number of hydrogen-bond acceptors (Lipinski definition) is 5. The summed E-state index contributed by atoms with van der Waals surface area (Å²) in [7, 11) is 0. The van der Waals surface area contributed by atoms with Gasteiger partial charge < -0.3 is 14.9 Å². The molecule has 0 atom stereocenters. The van der Waals surface area contributed by atoms with Crippen LogP contribution in [0.1, 0.15) is 22.8 Å². The van der Waals surface area contributed by atoms with Gasteiger partial charge in [-0.1, -0.05) is 0 Å². The normalized spacial score (nSPS) is 10.5. The molecule has 0 aliphatic heterocycles. The molecular weight excluding hydrogens is 334 g/mol. The zero-order valence-electron chi connectivity index (χ0n) is 14.0. The number of rotatable bonds is 5. The number of aromatic nitrogens is 1. The fourth-order valence-corrected chi connectivity index (χ4v) is 2.56. The number of aromatic hydroxyl groups is 2. The van der Waals surface area contributed by atoms with Gasteiger partial charge in [0.2, 0.25) is 0 Å². The van der Waals surface area contributed by atoms with Crippen molar-refractivity contribution in [3.05, 3.63) is 82.3 Å². The van der Waals surface area contributed by atoms with Crippen LogP contribution in [0.25, 0.3) is 5.69 Å². The molecule has 0 amide bonds. The molecule has 2 N–H and O–H groups in total. The van der Waals surface area contributed by atoms with Crippen LogP contribution in [0.3, 0.4) is 0 Å². The monoisotopic (exact) mass is 351 g/mol. The molecule has 0 unspecified atom stereocenters. The van der Waals surface area contributed by atoms with E-state index in [-0.39, 0.29) is 28.2 Å². The second-order valence-electron chi connectivity index (χ2n) is 5.58. The third-order valence-corrected chi connectivity index (χ3v) is 3.83. The number of ketones is 1. The number of ether oxygens (including phenoxy) is 1. The number of carbonyl (C=O) groups is 1. The number of nitrogens with zero attached hydrogens (tertiary/aromatic N) is 1. The van der Waals surface area contributed by atoms with Crippen molar-refractivity contribution >= 4 is 5.78 Å². The van der Waals surface area contributed by atoms with E-state index in [1.165, 1.54) is 35.0 Å². The maximum absolute atomic E-state index is 12.6. The van der Waals surface area contributed by atoms with E-state index in [1.54, 1.807) is 24.3 Å². The molecule has 6 nitrogen and oxygen atoms in total. The SMILES string of the molecule is CCOc1ccc(-n2cc(C(=O)c3ccc(O)cc3O)ccc2=O)cc1. The van der Waals surface area contributed by atoms with Crippen molar-refractivity contribution in [2.24, 2.45) is 0 Å². The molecule has 6 heteroatoms. The van der Waals surface area contributed by atoms with Gasteiger partial charge in [0.25, 0.3) is 5.56 Å². The average molecular weight is 351 g/mol. The molecule has 3 aromatic rings. The highest BCUT2D eigenvalue weighted by molar-refractivity contribution is 6.10. The minimum Gasteiger partial charge on any atom is -0.508 e. The first-order valence-corrected chi connectivity index (χ1v) is 8.02. The zero-order valence-corrected chi connectivity index (χ0v) is 14.0. The summed E-state index contributed by atoms with van der Waals surface area (Å²) in [5.41, 5.74) is 0.572. The summed E-state index contributed by atoms with van der Waals surface area (Å²) < 4.78 is 6.73. The standard InChI is InChI=1S/C20H17NO5/c1-2-26-16-7-4-14(5-8-16)21-12-13(3-10-19(21)24)20(25)17-9-6-15(22)11-18(17)23/h3-12,22-23H,2H2,1H3. The Morgan fingerprint density at radius 3 is 2.42 bits per heavy atom. The lowest BCUT2D eigenvalue weighted by Gasteiger charge is -2.10. The molecule has 0 fully saturated rings. The Bertz CT molecular complexity index is 1010. The van der Waals surface area contributed by atoms with Crippen LogP contribution in [0.2, 0.25) is 0 Å². The summed E-state index contributed by atoms with van der Waals surface area (Å²) in [4.78, 5) is 24.8. The molecule has 0 radical (unpaired) electrons. The van der Waals surface area contributed by atoms with E-state index in [0.29, 0.717) is 18.0 Å². The quantitative estimate of drug-likeness (QED) is 0.690. The average Bonchev–Trinajstić information content (AvgIpc) is 2.63. The van der Waals surface area contributed by atoms with E-state index in [9.17, 15) is 19.8 Å². The highest BCUT2D eigenvalue weighted by Crippen LogP contribution is 2.25. The van der Waals surface area contributed by atoms with Gasteiger partial charge in [0, 0.05) is 29.6 Å². The van der Waals surface area contributed by atoms with E-state index < -0.39 is 5.78 Å². The third-order valence-electron chi connectivity index (χ3n) is 3.83. The molecular formula is C20H17NO5. The van der Waals surface area contributed by atoms with Gasteiger partial charge >= 0.3 is 0 Å². The van der Waals surface area contributed by atoms with Crippen LogP contribution in [-0.4, -0.2) is 27.2 Å². The fourth-order valence-electron chi connectivity index (χ4n) is 2.56. The number of carbonyl (C=O) groups excluding carboxylic acids is 1. The van der Waals surface area contributed by atoms with Crippen LogP contribution in [0.4, 0.5) is 0 Å². The van der Waals surface area contributed by atoms with Gasteiger partial charge in [0.1, 0.15) is 17.2 Å². The molecule has 0 aliphatic carbocycles. The van der Waals surface area contributed by atoms with E-state index >= 15 is 0 Å². The van der Waals surface area contributed by atoms with Gasteiger partial charge in [-0.3, -0.25) is 14.2 Å². The van der Waals surface area contributed by atoms with Gasteiger partial charge in [0.05, 0.1) is 12.2 Å². The van der Waals surface area contributed by atoms with Crippen LogP contribution in [0.5, 0.6) is 17.2 Å². The molecule has 132 valence electrons. The van der Waals surface area contributed by atoms with Crippen molar-refractivity contribution in [2.75, 3.05) is 6.61 Å². The van der Waals surface area contributed by atoms with Crippen LogP contribution >= 0.6 is 0 Å². The van der Waals surface area contributed by atoms with E-state index in [1.807, 2.05) is 6.92 Å². The van der Waals surface area contributed by atoms with Crippen LogP contribution in [-0.2, 0) is 0 Å². The maximum Gasteiger partial charge on any atom is 0.255 e. The smallest absolute Gasteiger partial charge is 0.255 e. The van der Waals surface area contributed by atoms with Gasteiger partial charge in [-0.2, -0.15) is 0 Å². The Labute approximate surface area is 149 Å². The van der Waals surface area contributed by atoms with Crippen molar-refractivity contribution in [2.45, 2.75) is 6.92 Å². The van der Waals surface area contributed by atoms with Gasteiger partial charge in [-0.25, -0.2) is 0 Å². The number of phenols is 2.